The molecule has 9 nitrogen and oxygen atoms in total. The van der Waals surface area contributed by atoms with Gasteiger partial charge in [0.1, 0.15) is 11.0 Å². The lowest BCUT2D eigenvalue weighted by molar-refractivity contribution is 0.102. The van der Waals surface area contributed by atoms with Gasteiger partial charge in [-0.15, -0.1) is 5.10 Å². The van der Waals surface area contributed by atoms with Gasteiger partial charge in [0.15, 0.2) is 5.76 Å². The molecule has 0 fully saturated rings. The molecular formula is C19H11N5O4. The third kappa shape index (κ3) is 2.90. The van der Waals surface area contributed by atoms with E-state index in [-0.39, 0.29) is 17.8 Å². The molecule has 3 heterocycles. The van der Waals surface area contributed by atoms with Crippen LogP contribution in [0.4, 0.5) is 6.01 Å². The lowest BCUT2D eigenvalue weighted by Gasteiger charge is -2.05. The Bertz CT molecular complexity index is 1270. The van der Waals surface area contributed by atoms with Crippen LogP contribution in [0.2, 0.25) is 0 Å². The van der Waals surface area contributed by atoms with Crippen molar-refractivity contribution in [2.45, 2.75) is 0 Å². The van der Waals surface area contributed by atoms with Crippen LogP contribution >= 0.6 is 0 Å². The van der Waals surface area contributed by atoms with Gasteiger partial charge in [0, 0.05) is 5.56 Å². The van der Waals surface area contributed by atoms with Crippen molar-refractivity contribution in [1.29, 1.82) is 0 Å². The molecule has 3 aromatic heterocycles. The maximum Gasteiger partial charge on any atom is 0.322 e. The van der Waals surface area contributed by atoms with E-state index in [0.717, 1.165) is 11.1 Å². The zero-order valence-electron chi connectivity index (χ0n) is 14.2. The zero-order valence-corrected chi connectivity index (χ0v) is 14.2. The molecule has 5 rings (SSSR count). The number of anilines is 1. The van der Waals surface area contributed by atoms with Gasteiger partial charge in [0.2, 0.25) is 0 Å². The topological polar surface area (TPSA) is 120 Å². The Morgan fingerprint density at radius 1 is 0.893 bits per heavy atom. The van der Waals surface area contributed by atoms with Crippen molar-refractivity contribution < 1.29 is 18.3 Å². The Morgan fingerprint density at radius 2 is 1.79 bits per heavy atom. The quantitative estimate of drug-likeness (QED) is 0.505. The predicted molar refractivity (Wildman–Crippen MR) is 97.2 cm³/mol. The second-order valence-electron chi connectivity index (χ2n) is 5.89. The number of hydrogen-bond acceptors (Lipinski definition) is 8. The summed E-state index contributed by atoms with van der Waals surface area (Å²) in [6.45, 7) is 0. The molecule has 28 heavy (non-hydrogen) atoms. The molecule has 0 bridgehead atoms. The second-order valence-corrected chi connectivity index (χ2v) is 5.89. The molecule has 1 amide bonds. The Kier molecular flexibility index (Phi) is 3.68. The number of nitrogens with zero attached hydrogens (tertiary/aromatic N) is 4. The molecule has 0 radical (unpaired) electrons. The molecule has 0 saturated carbocycles. The fourth-order valence-corrected chi connectivity index (χ4v) is 2.74. The fourth-order valence-electron chi connectivity index (χ4n) is 2.74. The number of benzene rings is 2. The van der Waals surface area contributed by atoms with E-state index in [2.05, 4.69) is 25.8 Å². The number of hydrogen-bond donors (Lipinski definition) is 1. The van der Waals surface area contributed by atoms with E-state index in [1.54, 1.807) is 30.3 Å². The molecule has 9 heteroatoms. The van der Waals surface area contributed by atoms with Crippen molar-refractivity contribution in [2.24, 2.45) is 0 Å². The van der Waals surface area contributed by atoms with Gasteiger partial charge in [-0.1, -0.05) is 23.3 Å². The third-order valence-corrected chi connectivity index (χ3v) is 4.09. The van der Waals surface area contributed by atoms with Crippen LogP contribution in [-0.2, 0) is 0 Å². The van der Waals surface area contributed by atoms with Gasteiger partial charge in [0.05, 0.1) is 6.26 Å². The van der Waals surface area contributed by atoms with Crippen LogP contribution in [0.15, 0.2) is 74.3 Å². The highest BCUT2D eigenvalue weighted by Gasteiger charge is 2.15. The zero-order chi connectivity index (χ0) is 18.9. The van der Waals surface area contributed by atoms with E-state index < -0.39 is 0 Å². The summed E-state index contributed by atoms with van der Waals surface area (Å²) < 4.78 is 15.3. The van der Waals surface area contributed by atoms with Crippen molar-refractivity contribution in [1.82, 2.24) is 20.5 Å². The van der Waals surface area contributed by atoms with Crippen molar-refractivity contribution in [3.63, 3.8) is 0 Å². The fraction of sp³-hybridized carbons (Fsp3) is 0. The number of furan rings is 1. The Morgan fingerprint density at radius 3 is 2.68 bits per heavy atom. The molecule has 0 spiro atoms. The Balaban J connectivity index is 1.39. The highest BCUT2D eigenvalue weighted by Crippen LogP contribution is 2.24. The smallest absolute Gasteiger partial charge is 0.322 e. The summed E-state index contributed by atoms with van der Waals surface area (Å²) in [5.74, 6) is 0.233. The molecule has 0 aliphatic rings. The standard InChI is InChI=1S/C19H11N5O4/c25-17(20-19-22-21-18(27-19)16-5-2-8-26-16)13-4-1-3-11(9-13)12-6-7-14-15(10-12)24-28-23-14/h1-10H,(H,20,22,25). The molecule has 5 aromatic rings. The van der Waals surface area contributed by atoms with E-state index in [9.17, 15) is 4.79 Å². The first kappa shape index (κ1) is 15.9. The molecule has 0 aliphatic heterocycles. The highest BCUT2D eigenvalue weighted by molar-refractivity contribution is 6.04. The van der Waals surface area contributed by atoms with E-state index in [4.69, 9.17) is 13.5 Å². The molecule has 1 N–H and O–H groups in total. The number of amides is 1. The van der Waals surface area contributed by atoms with E-state index in [0.29, 0.717) is 22.4 Å². The number of rotatable bonds is 4. The Labute approximate surface area is 156 Å². The van der Waals surface area contributed by atoms with Gasteiger partial charge in [-0.2, -0.15) is 0 Å². The largest absolute Gasteiger partial charge is 0.459 e. The van der Waals surface area contributed by atoms with Crippen LogP contribution in [0, 0.1) is 0 Å². The normalized spacial score (nSPS) is 11.0. The van der Waals surface area contributed by atoms with Gasteiger partial charge in [-0.25, -0.2) is 4.63 Å². The minimum atomic E-state index is -0.374. The van der Waals surface area contributed by atoms with Crippen molar-refractivity contribution in [3.8, 4) is 22.8 Å². The number of nitrogens with one attached hydrogen (secondary N) is 1. The SMILES string of the molecule is O=C(Nc1nnc(-c2ccco2)o1)c1cccc(-c2ccc3nonc3c2)c1. The predicted octanol–water partition coefficient (Wildman–Crippen LogP) is 3.79. The summed E-state index contributed by atoms with van der Waals surface area (Å²) in [6.07, 6.45) is 1.50. The van der Waals surface area contributed by atoms with Crippen LogP contribution < -0.4 is 5.32 Å². The van der Waals surface area contributed by atoms with E-state index in [1.807, 2.05) is 24.3 Å². The molecule has 0 atom stereocenters. The molecule has 0 aliphatic carbocycles. The highest BCUT2D eigenvalue weighted by atomic mass is 16.6. The third-order valence-electron chi connectivity index (χ3n) is 4.09. The monoisotopic (exact) mass is 373 g/mol. The first-order chi connectivity index (χ1) is 13.8. The van der Waals surface area contributed by atoms with Crippen LogP contribution in [0.1, 0.15) is 10.4 Å². The summed E-state index contributed by atoms with van der Waals surface area (Å²) >= 11 is 0. The van der Waals surface area contributed by atoms with Crippen molar-refractivity contribution in [2.75, 3.05) is 5.32 Å². The number of aromatic nitrogens is 4. The van der Waals surface area contributed by atoms with Crippen LogP contribution in [0.5, 0.6) is 0 Å². The molecule has 2 aromatic carbocycles. The van der Waals surface area contributed by atoms with Crippen molar-refractivity contribution >= 4 is 23.0 Å². The van der Waals surface area contributed by atoms with Gasteiger partial charge in [0.25, 0.3) is 11.8 Å². The average Bonchev–Trinajstić information content (AvgIpc) is 3.48. The summed E-state index contributed by atoms with van der Waals surface area (Å²) in [4.78, 5) is 12.6. The number of fused-ring (bicyclic) bond motifs is 1. The summed E-state index contributed by atoms with van der Waals surface area (Å²) in [5.41, 5.74) is 3.48. The van der Waals surface area contributed by atoms with Gasteiger partial charge < -0.3 is 8.83 Å². The average molecular weight is 373 g/mol. The number of carbonyl (C=O) groups excluding carboxylic acids is 1. The molecule has 0 saturated heterocycles. The van der Waals surface area contributed by atoms with Crippen LogP contribution in [-0.4, -0.2) is 26.4 Å². The number of carbonyl (C=O) groups is 1. The lowest BCUT2D eigenvalue weighted by Crippen LogP contribution is -2.12. The van der Waals surface area contributed by atoms with Crippen LogP contribution in [0.25, 0.3) is 33.8 Å². The maximum absolute atomic E-state index is 12.6. The Hall–Kier alpha value is -4.27. The van der Waals surface area contributed by atoms with Gasteiger partial charge in [-0.05, 0) is 57.8 Å². The lowest BCUT2D eigenvalue weighted by atomic mass is 10.0. The van der Waals surface area contributed by atoms with Crippen LogP contribution in [0.3, 0.4) is 0 Å². The summed E-state index contributed by atoms with van der Waals surface area (Å²) in [6, 6.07) is 16.0. The maximum atomic E-state index is 12.6. The minimum absolute atomic E-state index is 0.0168. The second kappa shape index (κ2) is 6.47. The molecule has 136 valence electrons. The molecule has 0 unspecified atom stereocenters. The van der Waals surface area contributed by atoms with E-state index >= 15 is 0 Å². The summed E-state index contributed by atoms with van der Waals surface area (Å²) in [5, 5.41) is 17.9. The van der Waals surface area contributed by atoms with E-state index in [1.165, 1.54) is 6.26 Å². The van der Waals surface area contributed by atoms with Gasteiger partial charge in [-0.3, -0.25) is 10.1 Å². The molecular weight excluding hydrogens is 362 g/mol. The van der Waals surface area contributed by atoms with Crippen molar-refractivity contribution in [3.05, 3.63) is 66.4 Å². The van der Waals surface area contributed by atoms with Gasteiger partial charge >= 0.3 is 6.01 Å². The first-order valence-corrected chi connectivity index (χ1v) is 8.28. The first-order valence-electron chi connectivity index (χ1n) is 8.28. The minimum Gasteiger partial charge on any atom is -0.459 e. The summed E-state index contributed by atoms with van der Waals surface area (Å²) in [7, 11) is 0.